The number of carbonyl (C=O) groups is 1. The minimum Gasteiger partial charge on any atom is -0.481 e. The molecule has 0 unspecified atom stereocenters. The molecule has 0 spiro atoms. The molecular formula is C11H16N2O3. The lowest BCUT2D eigenvalue weighted by molar-refractivity contribution is -0.136. The molecule has 0 atom stereocenters. The minimum atomic E-state index is -0.861. The Labute approximate surface area is 93.1 Å². The van der Waals surface area contributed by atoms with Crippen LogP contribution in [0.15, 0.2) is 4.79 Å². The normalized spacial score (nSPS) is 15.3. The lowest BCUT2D eigenvalue weighted by atomic mass is 10.1. The third-order valence-corrected chi connectivity index (χ3v) is 2.95. The van der Waals surface area contributed by atoms with Crippen LogP contribution in [0.5, 0.6) is 0 Å². The zero-order valence-electron chi connectivity index (χ0n) is 9.32. The van der Waals surface area contributed by atoms with Crippen LogP contribution in [-0.4, -0.2) is 20.9 Å². The SMILES string of the molecule is CCc1[nH]n(C2CC2)c(=O)c1CCC(=O)O. The zero-order valence-corrected chi connectivity index (χ0v) is 9.32. The summed E-state index contributed by atoms with van der Waals surface area (Å²) in [7, 11) is 0. The zero-order chi connectivity index (χ0) is 11.7. The maximum Gasteiger partial charge on any atom is 0.303 e. The molecule has 1 aromatic heterocycles. The van der Waals surface area contributed by atoms with Crippen molar-refractivity contribution in [3.8, 4) is 0 Å². The van der Waals surface area contributed by atoms with Gasteiger partial charge in [-0.3, -0.25) is 14.7 Å². The van der Waals surface area contributed by atoms with Gasteiger partial charge in [0, 0.05) is 17.7 Å². The van der Waals surface area contributed by atoms with Crippen molar-refractivity contribution in [3.63, 3.8) is 0 Å². The Morgan fingerprint density at radius 2 is 2.25 bits per heavy atom. The van der Waals surface area contributed by atoms with Crippen LogP contribution >= 0.6 is 0 Å². The number of aromatic amines is 1. The molecule has 0 saturated heterocycles. The second-order valence-corrected chi connectivity index (χ2v) is 4.22. The van der Waals surface area contributed by atoms with Crippen LogP contribution in [0.25, 0.3) is 0 Å². The van der Waals surface area contributed by atoms with Gasteiger partial charge in [-0.05, 0) is 25.7 Å². The van der Waals surface area contributed by atoms with Crippen LogP contribution in [0, 0.1) is 0 Å². The van der Waals surface area contributed by atoms with E-state index in [4.69, 9.17) is 5.11 Å². The van der Waals surface area contributed by atoms with Gasteiger partial charge in [-0.15, -0.1) is 0 Å². The quantitative estimate of drug-likeness (QED) is 0.786. The summed E-state index contributed by atoms with van der Waals surface area (Å²) in [6, 6.07) is 0.316. The number of carboxylic acids is 1. The molecule has 1 aliphatic rings. The van der Waals surface area contributed by atoms with Crippen molar-refractivity contribution in [2.75, 3.05) is 0 Å². The number of nitrogens with one attached hydrogen (secondary N) is 1. The monoisotopic (exact) mass is 224 g/mol. The average molecular weight is 224 g/mol. The number of aromatic nitrogens is 2. The Balaban J connectivity index is 2.26. The standard InChI is InChI=1S/C11H16N2O3/c1-2-9-8(5-6-10(14)15)11(16)13(12-9)7-3-4-7/h7,12H,2-6H2,1H3,(H,14,15). The number of hydrogen-bond acceptors (Lipinski definition) is 2. The minimum absolute atomic E-state index is 0.0186. The molecule has 0 aromatic carbocycles. The molecular weight excluding hydrogens is 208 g/mol. The van der Waals surface area contributed by atoms with E-state index < -0.39 is 5.97 Å². The smallest absolute Gasteiger partial charge is 0.303 e. The number of H-pyrrole nitrogens is 1. The highest BCUT2D eigenvalue weighted by Crippen LogP contribution is 2.33. The molecule has 1 saturated carbocycles. The number of hydrogen-bond donors (Lipinski definition) is 2. The average Bonchev–Trinajstić information content (AvgIpc) is 3.01. The van der Waals surface area contributed by atoms with E-state index in [2.05, 4.69) is 5.10 Å². The summed E-state index contributed by atoms with van der Waals surface area (Å²) < 4.78 is 1.66. The van der Waals surface area contributed by atoms with Gasteiger partial charge in [0.2, 0.25) is 0 Å². The maximum absolute atomic E-state index is 12.0. The Kier molecular flexibility index (Phi) is 2.85. The highest BCUT2D eigenvalue weighted by Gasteiger charge is 2.27. The Bertz CT molecular complexity index is 454. The summed E-state index contributed by atoms with van der Waals surface area (Å²) in [6.07, 6.45) is 3.17. The van der Waals surface area contributed by atoms with E-state index in [1.807, 2.05) is 6.92 Å². The molecule has 0 bridgehead atoms. The molecule has 0 amide bonds. The highest BCUT2D eigenvalue weighted by molar-refractivity contribution is 5.67. The van der Waals surface area contributed by atoms with Crippen molar-refractivity contribution in [2.45, 2.75) is 45.1 Å². The van der Waals surface area contributed by atoms with E-state index in [1.54, 1.807) is 4.68 Å². The highest BCUT2D eigenvalue weighted by atomic mass is 16.4. The summed E-state index contributed by atoms with van der Waals surface area (Å²) in [4.78, 5) is 22.5. The van der Waals surface area contributed by atoms with E-state index in [-0.39, 0.29) is 12.0 Å². The topological polar surface area (TPSA) is 75.1 Å². The molecule has 0 aliphatic heterocycles. The van der Waals surface area contributed by atoms with Gasteiger partial charge >= 0.3 is 5.97 Å². The fourth-order valence-corrected chi connectivity index (χ4v) is 1.91. The lowest BCUT2D eigenvalue weighted by Crippen LogP contribution is -2.18. The van der Waals surface area contributed by atoms with Crippen LogP contribution in [-0.2, 0) is 17.6 Å². The number of aryl methyl sites for hydroxylation is 1. The first kappa shape index (κ1) is 11.0. The molecule has 1 aliphatic carbocycles. The Morgan fingerprint density at radius 3 is 2.75 bits per heavy atom. The third kappa shape index (κ3) is 2.03. The molecule has 2 N–H and O–H groups in total. The van der Waals surface area contributed by atoms with Crippen molar-refractivity contribution in [1.29, 1.82) is 0 Å². The second-order valence-electron chi connectivity index (χ2n) is 4.22. The summed E-state index contributed by atoms with van der Waals surface area (Å²) >= 11 is 0. The van der Waals surface area contributed by atoms with Gasteiger partial charge in [-0.25, -0.2) is 4.68 Å². The van der Waals surface area contributed by atoms with E-state index in [1.165, 1.54) is 0 Å². The fraction of sp³-hybridized carbons (Fsp3) is 0.636. The molecule has 0 radical (unpaired) electrons. The fourth-order valence-electron chi connectivity index (χ4n) is 1.91. The first-order valence-electron chi connectivity index (χ1n) is 5.67. The number of carboxylic acid groups (broad SMARTS) is 1. The first-order chi connectivity index (χ1) is 7.63. The van der Waals surface area contributed by atoms with Crippen molar-refractivity contribution >= 4 is 5.97 Å². The number of nitrogens with zero attached hydrogens (tertiary/aromatic N) is 1. The second kappa shape index (κ2) is 4.15. The predicted molar refractivity (Wildman–Crippen MR) is 58.7 cm³/mol. The largest absolute Gasteiger partial charge is 0.481 e. The lowest BCUT2D eigenvalue weighted by Gasteiger charge is -1.96. The molecule has 1 aromatic rings. The molecule has 5 nitrogen and oxygen atoms in total. The maximum atomic E-state index is 12.0. The first-order valence-corrected chi connectivity index (χ1v) is 5.67. The van der Waals surface area contributed by atoms with Crippen LogP contribution in [0.1, 0.15) is 43.5 Å². The molecule has 1 heterocycles. The molecule has 2 rings (SSSR count). The summed E-state index contributed by atoms with van der Waals surface area (Å²) in [5.74, 6) is -0.861. The van der Waals surface area contributed by atoms with E-state index in [0.29, 0.717) is 18.0 Å². The van der Waals surface area contributed by atoms with Crippen LogP contribution in [0.3, 0.4) is 0 Å². The van der Waals surface area contributed by atoms with E-state index in [0.717, 1.165) is 25.0 Å². The number of rotatable bonds is 5. The predicted octanol–water partition coefficient (Wildman–Crippen LogP) is 1.09. The number of aliphatic carboxylic acids is 1. The van der Waals surface area contributed by atoms with E-state index >= 15 is 0 Å². The van der Waals surface area contributed by atoms with Gasteiger partial charge in [0.1, 0.15) is 0 Å². The molecule has 5 heteroatoms. The van der Waals surface area contributed by atoms with Gasteiger partial charge in [-0.2, -0.15) is 0 Å². The van der Waals surface area contributed by atoms with Crippen LogP contribution in [0.4, 0.5) is 0 Å². The third-order valence-electron chi connectivity index (χ3n) is 2.95. The van der Waals surface area contributed by atoms with Gasteiger partial charge in [0.05, 0.1) is 6.04 Å². The Morgan fingerprint density at radius 1 is 1.56 bits per heavy atom. The van der Waals surface area contributed by atoms with E-state index in [9.17, 15) is 9.59 Å². The molecule has 1 fully saturated rings. The molecule has 16 heavy (non-hydrogen) atoms. The Hall–Kier alpha value is -1.52. The van der Waals surface area contributed by atoms with Gasteiger partial charge in [0.25, 0.3) is 5.56 Å². The van der Waals surface area contributed by atoms with Gasteiger partial charge < -0.3 is 5.11 Å². The van der Waals surface area contributed by atoms with Crippen molar-refractivity contribution in [3.05, 3.63) is 21.6 Å². The van der Waals surface area contributed by atoms with Crippen molar-refractivity contribution in [1.82, 2.24) is 9.78 Å². The van der Waals surface area contributed by atoms with Crippen molar-refractivity contribution < 1.29 is 9.90 Å². The van der Waals surface area contributed by atoms with Crippen LogP contribution in [0.2, 0.25) is 0 Å². The molecule has 88 valence electrons. The summed E-state index contributed by atoms with van der Waals surface area (Å²) in [6.45, 7) is 1.97. The van der Waals surface area contributed by atoms with Crippen molar-refractivity contribution in [2.24, 2.45) is 0 Å². The van der Waals surface area contributed by atoms with Gasteiger partial charge in [0.15, 0.2) is 0 Å². The summed E-state index contributed by atoms with van der Waals surface area (Å²) in [5.41, 5.74) is 1.51. The van der Waals surface area contributed by atoms with Crippen LogP contribution < -0.4 is 5.56 Å². The summed E-state index contributed by atoms with van der Waals surface area (Å²) in [5, 5.41) is 11.7. The van der Waals surface area contributed by atoms with Gasteiger partial charge in [-0.1, -0.05) is 6.92 Å².